The molecule has 0 atom stereocenters. The summed E-state index contributed by atoms with van der Waals surface area (Å²) < 4.78 is 16.3. The summed E-state index contributed by atoms with van der Waals surface area (Å²) in [7, 11) is 3.16. The molecule has 2 aromatic heterocycles. The van der Waals surface area contributed by atoms with E-state index in [1.165, 1.54) is 18.5 Å². The first kappa shape index (κ1) is 24.0. The number of nitrogens with zero attached hydrogens (tertiary/aromatic N) is 3. The number of hydrogen-bond acceptors (Lipinski definition) is 8. The third-order valence-electron chi connectivity index (χ3n) is 4.95. The maximum atomic E-state index is 12.2. The van der Waals surface area contributed by atoms with Crippen LogP contribution in [0.4, 0.5) is 0 Å². The van der Waals surface area contributed by atoms with Crippen molar-refractivity contribution in [3.63, 3.8) is 0 Å². The van der Waals surface area contributed by atoms with Crippen molar-refractivity contribution in [2.45, 2.75) is 5.03 Å². The lowest BCUT2D eigenvalue weighted by molar-refractivity contribution is -0.110. The van der Waals surface area contributed by atoms with Gasteiger partial charge < -0.3 is 19.2 Å². The number of H-pyrrole nitrogens is 1. The van der Waals surface area contributed by atoms with Gasteiger partial charge in [0.25, 0.3) is 0 Å². The molecule has 0 radical (unpaired) electrons. The summed E-state index contributed by atoms with van der Waals surface area (Å²) in [5, 5.41) is 0.849. The van der Waals surface area contributed by atoms with E-state index in [-0.39, 0.29) is 5.78 Å². The number of ketones is 1. The first-order chi connectivity index (χ1) is 17.2. The number of aromatic nitrogens is 4. The normalized spacial score (nSPS) is 11.4. The Kier molecular flexibility index (Phi) is 8.13. The van der Waals surface area contributed by atoms with Crippen LogP contribution in [0.15, 0.2) is 72.3 Å². The van der Waals surface area contributed by atoms with Gasteiger partial charge in [0.1, 0.15) is 22.6 Å². The summed E-state index contributed by atoms with van der Waals surface area (Å²) in [6.07, 6.45) is 9.67. The highest BCUT2D eigenvalue weighted by atomic mass is 32.2. The predicted molar refractivity (Wildman–Crippen MR) is 137 cm³/mol. The highest BCUT2D eigenvalue weighted by molar-refractivity contribution is 7.99. The number of carbonyl (C=O) groups excluding carboxylic acids is 1. The number of thioether (sulfide) groups is 1. The second-order valence-electron chi connectivity index (χ2n) is 7.23. The molecular formula is C26H24N4O4S. The minimum atomic E-state index is -0.117. The minimum Gasteiger partial charge on any atom is -0.493 e. The lowest BCUT2D eigenvalue weighted by atomic mass is 10.1. The number of aromatic amines is 1. The summed E-state index contributed by atoms with van der Waals surface area (Å²) in [6.45, 7) is 0.527. The number of fused-ring (bicyclic) bond motifs is 1. The summed E-state index contributed by atoms with van der Waals surface area (Å²) >= 11 is 1.58. The lowest BCUT2D eigenvalue weighted by Gasteiger charge is -2.07. The van der Waals surface area contributed by atoms with Crippen molar-refractivity contribution in [3.05, 3.63) is 78.4 Å². The van der Waals surface area contributed by atoms with Crippen molar-refractivity contribution >= 4 is 40.9 Å². The fourth-order valence-corrected chi connectivity index (χ4v) is 3.97. The number of allylic oxidation sites excluding steroid dienone is 2. The maximum absolute atomic E-state index is 12.2. The Morgan fingerprint density at radius 1 is 0.943 bits per heavy atom. The van der Waals surface area contributed by atoms with Crippen molar-refractivity contribution < 1.29 is 19.0 Å². The first-order valence-corrected chi connectivity index (χ1v) is 11.8. The van der Waals surface area contributed by atoms with Crippen molar-refractivity contribution in [2.24, 2.45) is 0 Å². The van der Waals surface area contributed by atoms with Gasteiger partial charge >= 0.3 is 0 Å². The predicted octanol–water partition coefficient (Wildman–Crippen LogP) is 4.84. The number of carbonyl (C=O) groups is 1. The molecule has 8 nitrogen and oxygen atoms in total. The zero-order chi connectivity index (χ0) is 24.5. The standard InChI is InChI=1S/C26H24N4O4S/c1-32-22-12-7-19(15-23(22)33-2)4-9-20(31)8-3-18-5-10-21(11-6-18)34-13-14-35-26-24-25(28-16-27-24)29-17-30-26/h3-12,15-17H,13-14H2,1-2H3,(H,27,28,29,30)/b8-3+,9-4+. The van der Waals surface area contributed by atoms with E-state index in [0.29, 0.717) is 23.8 Å². The smallest absolute Gasteiger partial charge is 0.181 e. The summed E-state index contributed by atoms with van der Waals surface area (Å²) in [6, 6.07) is 13.0. The Balaban J connectivity index is 1.24. The van der Waals surface area contributed by atoms with Crippen molar-refractivity contribution in [2.75, 3.05) is 26.6 Å². The van der Waals surface area contributed by atoms with E-state index in [9.17, 15) is 4.79 Å². The van der Waals surface area contributed by atoms with E-state index in [4.69, 9.17) is 14.2 Å². The van der Waals surface area contributed by atoms with E-state index in [2.05, 4.69) is 19.9 Å². The van der Waals surface area contributed by atoms with Gasteiger partial charge in [-0.3, -0.25) is 4.79 Å². The van der Waals surface area contributed by atoms with Crippen LogP contribution in [-0.2, 0) is 4.79 Å². The van der Waals surface area contributed by atoms with E-state index in [1.54, 1.807) is 50.5 Å². The van der Waals surface area contributed by atoms with Crippen LogP contribution >= 0.6 is 11.8 Å². The Morgan fingerprint density at radius 3 is 2.46 bits per heavy atom. The van der Waals surface area contributed by atoms with Gasteiger partial charge in [-0.15, -0.1) is 11.8 Å². The van der Waals surface area contributed by atoms with Crippen LogP contribution in [0, 0.1) is 0 Å². The van der Waals surface area contributed by atoms with Crippen molar-refractivity contribution in [3.8, 4) is 17.2 Å². The molecule has 4 aromatic rings. The average molecular weight is 489 g/mol. The fraction of sp³-hybridized carbons (Fsp3) is 0.154. The van der Waals surface area contributed by atoms with Crippen LogP contribution in [0.1, 0.15) is 11.1 Å². The summed E-state index contributed by atoms with van der Waals surface area (Å²) in [4.78, 5) is 27.8. The second-order valence-corrected chi connectivity index (χ2v) is 8.31. The average Bonchev–Trinajstić information content (AvgIpc) is 3.39. The minimum absolute atomic E-state index is 0.117. The van der Waals surface area contributed by atoms with Crippen LogP contribution in [0.3, 0.4) is 0 Å². The van der Waals surface area contributed by atoms with Crippen molar-refractivity contribution in [1.29, 1.82) is 0 Å². The van der Waals surface area contributed by atoms with Gasteiger partial charge in [-0.2, -0.15) is 0 Å². The topological polar surface area (TPSA) is 99.2 Å². The molecule has 0 unspecified atom stereocenters. The Bertz CT molecular complexity index is 1350. The quantitative estimate of drug-likeness (QED) is 0.139. The van der Waals surface area contributed by atoms with Gasteiger partial charge in [-0.1, -0.05) is 30.4 Å². The molecule has 0 aliphatic heterocycles. The van der Waals surface area contributed by atoms with Gasteiger partial charge in [0, 0.05) is 5.75 Å². The van der Waals surface area contributed by atoms with Gasteiger partial charge in [-0.05, 0) is 47.5 Å². The largest absolute Gasteiger partial charge is 0.493 e. The van der Waals surface area contributed by atoms with Gasteiger partial charge in [0.2, 0.25) is 0 Å². The number of rotatable bonds is 11. The number of ether oxygens (including phenoxy) is 3. The van der Waals surface area contributed by atoms with Crippen LogP contribution in [-0.4, -0.2) is 52.3 Å². The van der Waals surface area contributed by atoms with Crippen LogP contribution < -0.4 is 14.2 Å². The van der Waals surface area contributed by atoms with Crippen LogP contribution in [0.25, 0.3) is 23.3 Å². The van der Waals surface area contributed by atoms with Crippen LogP contribution in [0.2, 0.25) is 0 Å². The molecule has 0 saturated heterocycles. The first-order valence-electron chi connectivity index (χ1n) is 10.8. The number of nitrogens with one attached hydrogen (secondary N) is 1. The second kappa shape index (κ2) is 11.8. The summed E-state index contributed by atoms with van der Waals surface area (Å²) in [5.41, 5.74) is 3.24. The Hall–Kier alpha value is -4.11. The number of methoxy groups -OCH3 is 2. The molecule has 2 heterocycles. The molecule has 178 valence electrons. The van der Waals surface area contributed by atoms with E-state index in [0.717, 1.165) is 33.2 Å². The molecule has 0 aliphatic carbocycles. The monoisotopic (exact) mass is 488 g/mol. The van der Waals surface area contributed by atoms with Crippen LogP contribution in [0.5, 0.6) is 17.2 Å². The Morgan fingerprint density at radius 2 is 1.69 bits per heavy atom. The number of hydrogen-bond donors (Lipinski definition) is 1. The fourth-order valence-electron chi connectivity index (χ4n) is 3.19. The maximum Gasteiger partial charge on any atom is 0.181 e. The molecule has 0 saturated carbocycles. The van der Waals surface area contributed by atoms with E-state index >= 15 is 0 Å². The molecule has 0 fully saturated rings. The van der Waals surface area contributed by atoms with Gasteiger partial charge in [0.15, 0.2) is 22.9 Å². The van der Waals surface area contributed by atoms with E-state index in [1.807, 2.05) is 36.4 Å². The van der Waals surface area contributed by atoms with E-state index < -0.39 is 0 Å². The molecule has 9 heteroatoms. The molecule has 1 N–H and O–H groups in total. The molecule has 0 bridgehead atoms. The molecule has 35 heavy (non-hydrogen) atoms. The molecule has 0 aliphatic rings. The highest BCUT2D eigenvalue weighted by Crippen LogP contribution is 2.28. The highest BCUT2D eigenvalue weighted by Gasteiger charge is 2.06. The molecule has 2 aromatic carbocycles. The molecule has 0 spiro atoms. The Labute approximate surface area is 207 Å². The third kappa shape index (κ3) is 6.48. The van der Waals surface area contributed by atoms with Gasteiger partial charge in [0.05, 0.1) is 27.2 Å². The molecule has 0 amide bonds. The zero-order valence-corrected chi connectivity index (χ0v) is 20.1. The SMILES string of the molecule is COc1ccc(/C=C/C(=O)/C=C/c2ccc(OCCSc3ncnc4nc[nH]c34)cc2)cc1OC. The summed E-state index contributed by atoms with van der Waals surface area (Å²) in [5.74, 6) is 2.63. The molecular weight excluding hydrogens is 464 g/mol. The van der Waals surface area contributed by atoms with Gasteiger partial charge in [-0.25, -0.2) is 15.0 Å². The number of imidazole rings is 1. The molecule has 4 rings (SSSR count). The third-order valence-corrected chi connectivity index (χ3v) is 5.90. The number of benzene rings is 2. The lowest BCUT2D eigenvalue weighted by Crippen LogP contribution is -2.00. The zero-order valence-electron chi connectivity index (χ0n) is 19.3. The van der Waals surface area contributed by atoms with Crippen molar-refractivity contribution in [1.82, 2.24) is 19.9 Å².